The van der Waals surface area contributed by atoms with Gasteiger partial charge in [0.05, 0.1) is 0 Å². The lowest BCUT2D eigenvalue weighted by Gasteiger charge is -2.06. The van der Waals surface area contributed by atoms with Crippen molar-refractivity contribution >= 4 is 11.4 Å². The lowest BCUT2D eigenvalue weighted by atomic mass is 9.99. The highest BCUT2D eigenvalue weighted by Gasteiger charge is 2.03. The van der Waals surface area contributed by atoms with Crippen LogP contribution in [0.15, 0.2) is 41.7 Å². The SMILES string of the molecule is CC(=O)/C(C)=C\C(=C(C)C)c1ccncc1. The van der Waals surface area contributed by atoms with E-state index in [9.17, 15) is 4.79 Å². The summed E-state index contributed by atoms with van der Waals surface area (Å²) < 4.78 is 0. The quantitative estimate of drug-likeness (QED) is 0.571. The summed E-state index contributed by atoms with van der Waals surface area (Å²) in [6, 6.07) is 3.90. The third-order valence-electron chi connectivity index (χ3n) is 2.45. The standard InChI is InChI=1S/C14H17NO/c1-10(2)14(9-11(3)12(4)16)13-5-7-15-8-6-13/h5-9H,1-4H3/b11-9-. The maximum absolute atomic E-state index is 11.2. The number of hydrogen-bond donors (Lipinski definition) is 0. The van der Waals surface area contributed by atoms with Gasteiger partial charge in [0.15, 0.2) is 5.78 Å². The molecular weight excluding hydrogens is 198 g/mol. The van der Waals surface area contributed by atoms with Gasteiger partial charge in [0.1, 0.15) is 0 Å². The Morgan fingerprint density at radius 1 is 1.12 bits per heavy atom. The number of hydrogen-bond acceptors (Lipinski definition) is 2. The molecule has 2 heteroatoms. The first-order valence-electron chi connectivity index (χ1n) is 5.29. The molecule has 0 aliphatic rings. The molecule has 1 aromatic rings. The number of allylic oxidation sites excluding steroid dienone is 4. The molecule has 0 saturated heterocycles. The molecule has 0 N–H and O–H groups in total. The largest absolute Gasteiger partial charge is 0.295 e. The van der Waals surface area contributed by atoms with Gasteiger partial charge in [-0.1, -0.05) is 5.57 Å². The van der Waals surface area contributed by atoms with E-state index in [0.717, 1.165) is 16.7 Å². The zero-order valence-corrected chi connectivity index (χ0v) is 10.2. The minimum atomic E-state index is 0.104. The van der Waals surface area contributed by atoms with E-state index in [-0.39, 0.29) is 5.78 Å². The van der Waals surface area contributed by atoms with Gasteiger partial charge in [-0.3, -0.25) is 9.78 Å². The molecule has 0 spiro atoms. The van der Waals surface area contributed by atoms with Gasteiger partial charge in [-0.2, -0.15) is 0 Å². The summed E-state index contributed by atoms with van der Waals surface area (Å²) >= 11 is 0. The smallest absolute Gasteiger partial charge is 0.155 e. The van der Waals surface area contributed by atoms with Crippen LogP contribution in [0, 0.1) is 0 Å². The summed E-state index contributed by atoms with van der Waals surface area (Å²) in [5.41, 5.74) is 4.14. The maximum Gasteiger partial charge on any atom is 0.155 e. The van der Waals surface area contributed by atoms with Crippen LogP contribution in [0.5, 0.6) is 0 Å². The molecule has 0 aliphatic carbocycles. The predicted octanol–water partition coefficient (Wildman–Crippen LogP) is 3.41. The van der Waals surface area contributed by atoms with Gasteiger partial charge in [-0.15, -0.1) is 0 Å². The van der Waals surface area contributed by atoms with E-state index in [1.807, 2.05) is 39.0 Å². The Morgan fingerprint density at radius 2 is 1.69 bits per heavy atom. The molecule has 0 amide bonds. The van der Waals surface area contributed by atoms with E-state index in [4.69, 9.17) is 0 Å². The second-order valence-electron chi connectivity index (χ2n) is 4.03. The van der Waals surface area contributed by atoms with E-state index < -0.39 is 0 Å². The maximum atomic E-state index is 11.2. The predicted molar refractivity (Wildman–Crippen MR) is 66.9 cm³/mol. The molecule has 2 nitrogen and oxygen atoms in total. The first kappa shape index (κ1) is 12.4. The lowest BCUT2D eigenvalue weighted by Crippen LogP contribution is -1.93. The van der Waals surface area contributed by atoms with Crippen LogP contribution in [-0.4, -0.2) is 10.8 Å². The van der Waals surface area contributed by atoms with Crippen molar-refractivity contribution < 1.29 is 4.79 Å². The number of aromatic nitrogens is 1. The van der Waals surface area contributed by atoms with Crippen LogP contribution in [0.3, 0.4) is 0 Å². The van der Waals surface area contributed by atoms with Crippen molar-refractivity contribution in [2.45, 2.75) is 27.7 Å². The molecule has 1 rings (SSSR count). The average Bonchev–Trinajstić information content (AvgIpc) is 2.26. The summed E-state index contributed by atoms with van der Waals surface area (Å²) in [6.45, 7) is 7.51. The Morgan fingerprint density at radius 3 is 2.12 bits per heavy atom. The Balaban J connectivity index is 3.20. The number of carbonyl (C=O) groups is 1. The molecule has 0 fully saturated rings. The van der Waals surface area contributed by atoms with Crippen LogP contribution < -0.4 is 0 Å². The molecule has 16 heavy (non-hydrogen) atoms. The van der Waals surface area contributed by atoms with Crippen LogP contribution in [0.4, 0.5) is 0 Å². The average molecular weight is 215 g/mol. The molecule has 1 aromatic heterocycles. The second-order valence-corrected chi connectivity index (χ2v) is 4.03. The van der Waals surface area contributed by atoms with Gasteiger partial charge >= 0.3 is 0 Å². The lowest BCUT2D eigenvalue weighted by molar-refractivity contribution is -0.113. The third kappa shape index (κ3) is 3.16. The number of carbonyl (C=O) groups excluding carboxylic acids is 1. The Hall–Kier alpha value is -1.70. The molecule has 0 aliphatic heterocycles. The van der Waals surface area contributed by atoms with Gasteiger partial charge in [0.2, 0.25) is 0 Å². The fourth-order valence-electron chi connectivity index (χ4n) is 1.37. The van der Waals surface area contributed by atoms with Crippen molar-refractivity contribution in [3.8, 4) is 0 Å². The summed E-state index contributed by atoms with van der Waals surface area (Å²) in [5.74, 6) is 0.104. The fourth-order valence-corrected chi connectivity index (χ4v) is 1.37. The topological polar surface area (TPSA) is 30.0 Å². The number of ketones is 1. The van der Waals surface area contributed by atoms with Gasteiger partial charge < -0.3 is 0 Å². The Kier molecular flexibility index (Phi) is 4.18. The molecule has 1 heterocycles. The van der Waals surface area contributed by atoms with Crippen LogP contribution in [0.25, 0.3) is 5.57 Å². The number of Topliss-reactive ketones (excluding diaryl/α,β-unsaturated/α-hetero) is 1. The van der Waals surface area contributed by atoms with Crippen molar-refractivity contribution in [2.75, 3.05) is 0 Å². The van der Waals surface area contributed by atoms with Crippen molar-refractivity contribution in [3.05, 3.63) is 47.3 Å². The van der Waals surface area contributed by atoms with E-state index in [1.165, 1.54) is 5.57 Å². The zero-order chi connectivity index (χ0) is 12.1. The normalized spacial score (nSPS) is 11.1. The number of pyridine rings is 1. The first-order chi connectivity index (χ1) is 7.52. The summed E-state index contributed by atoms with van der Waals surface area (Å²) in [6.07, 6.45) is 5.46. The van der Waals surface area contributed by atoms with Crippen molar-refractivity contribution in [1.29, 1.82) is 0 Å². The molecule has 0 atom stereocenters. The molecular formula is C14H17NO. The van der Waals surface area contributed by atoms with Crippen LogP contribution in [-0.2, 0) is 4.79 Å². The van der Waals surface area contributed by atoms with Crippen LogP contribution >= 0.6 is 0 Å². The highest BCUT2D eigenvalue weighted by Crippen LogP contribution is 2.21. The summed E-state index contributed by atoms with van der Waals surface area (Å²) in [7, 11) is 0. The first-order valence-corrected chi connectivity index (χ1v) is 5.29. The summed E-state index contributed by atoms with van der Waals surface area (Å²) in [4.78, 5) is 15.2. The van der Waals surface area contributed by atoms with Gasteiger partial charge in [-0.05, 0) is 62.6 Å². The fraction of sp³-hybridized carbons (Fsp3) is 0.286. The highest BCUT2D eigenvalue weighted by atomic mass is 16.1. The minimum absolute atomic E-state index is 0.104. The summed E-state index contributed by atoms with van der Waals surface area (Å²) in [5, 5.41) is 0. The van der Waals surface area contributed by atoms with E-state index in [2.05, 4.69) is 4.98 Å². The van der Waals surface area contributed by atoms with Crippen LogP contribution in [0.1, 0.15) is 33.3 Å². The monoisotopic (exact) mass is 215 g/mol. The minimum Gasteiger partial charge on any atom is -0.295 e. The van der Waals surface area contributed by atoms with E-state index in [1.54, 1.807) is 19.3 Å². The van der Waals surface area contributed by atoms with Crippen molar-refractivity contribution in [1.82, 2.24) is 4.98 Å². The van der Waals surface area contributed by atoms with Crippen molar-refractivity contribution in [2.24, 2.45) is 0 Å². The molecule has 0 unspecified atom stereocenters. The van der Waals surface area contributed by atoms with Gasteiger partial charge in [-0.25, -0.2) is 0 Å². The number of nitrogens with zero attached hydrogens (tertiary/aromatic N) is 1. The third-order valence-corrected chi connectivity index (χ3v) is 2.45. The molecule has 0 bridgehead atoms. The molecule has 0 aromatic carbocycles. The van der Waals surface area contributed by atoms with Crippen molar-refractivity contribution in [3.63, 3.8) is 0 Å². The van der Waals surface area contributed by atoms with Crippen LogP contribution in [0.2, 0.25) is 0 Å². The second kappa shape index (κ2) is 5.40. The number of rotatable bonds is 3. The molecule has 84 valence electrons. The molecule has 0 saturated carbocycles. The van der Waals surface area contributed by atoms with Gasteiger partial charge in [0.25, 0.3) is 0 Å². The van der Waals surface area contributed by atoms with E-state index >= 15 is 0 Å². The zero-order valence-electron chi connectivity index (χ0n) is 10.2. The Labute approximate surface area is 96.7 Å². The Bertz CT molecular complexity index is 437. The highest BCUT2D eigenvalue weighted by molar-refractivity contribution is 5.96. The molecule has 0 radical (unpaired) electrons. The van der Waals surface area contributed by atoms with E-state index in [0.29, 0.717) is 0 Å². The van der Waals surface area contributed by atoms with Gasteiger partial charge in [0, 0.05) is 12.4 Å².